The van der Waals surface area contributed by atoms with Crippen molar-refractivity contribution in [3.05, 3.63) is 30.3 Å². The molecule has 1 aromatic heterocycles. The molecule has 2 aromatic rings. The molecule has 1 unspecified atom stereocenters. The number of benzene rings is 1. The van der Waals surface area contributed by atoms with Crippen LogP contribution in [0.2, 0.25) is 0 Å². The van der Waals surface area contributed by atoms with Gasteiger partial charge < -0.3 is 10.4 Å². The summed E-state index contributed by atoms with van der Waals surface area (Å²) in [4.78, 5) is 10.5. The topological polar surface area (TPSA) is 92.9 Å². The fourth-order valence-corrected chi connectivity index (χ4v) is 1.65. The molecule has 100 valence electrons. The molecule has 1 atom stereocenters. The molecule has 7 nitrogen and oxygen atoms in total. The predicted octanol–water partition coefficient (Wildman–Crippen LogP) is 1.33. The highest BCUT2D eigenvalue weighted by molar-refractivity contribution is 5.66. The number of carboxylic acid groups (broad SMARTS) is 1. The molecule has 0 radical (unpaired) electrons. The second-order valence-corrected chi connectivity index (χ2v) is 4.23. The smallest absolute Gasteiger partial charge is 0.303 e. The predicted molar refractivity (Wildman–Crippen MR) is 69.1 cm³/mol. The highest BCUT2D eigenvalue weighted by atomic mass is 16.4. The first kappa shape index (κ1) is 13.0. The molecule has 0 bridgehead atoms. The van der Waals surface area contributed by atoms with E-state index in [9.17, 15) is 4.79 Å². The van der Waals surface area contributed by atoms with Crippen molar-refractivity contribution >= 4 is 11.9 Å². The number of tetrazole rings is 1. The first-order chi connectivity index (χ1) is 9.16. The van der Waals surface area contributed by atoms with Crippen molar-refractivity contribution in [1.29, 1.82) is 0 Å². The van der Waals surface area contributed by atoms with Crippen molar-refractivity contribution in [1.82, 2.24) is 20.2 Å². The van der Waals surface area contributed by atoms with Gasteiger partial charge in [-0.15, -0.1) is 0 Å². The van der Waals surface area contributed by atoms with Gasteiger partial charge >= 0.3 is 5.97 Å². The molecule has 0 saturated heterocycles. The first-order valence-corrected chi connectivity index (χ1v) is 5.99. The largest absolute Gasteiger partial charge is 0.481 e. The molecule has 1 aromatic carbocycles. The van der Waals surface area contributed by atoms with Gasteiger partial charge in [0.25, 0.3) is 0 Å². The summed E-state index contributed by atoms with van der Waals surface area (Å²) in [5.41, 5.74) is 0.848. The van der Waals surface area contributed by atoms with Crippen LogP contribution in [0, 0.1) is 0 Å². The van der Waals surface area contributed by atoms with E-state index in [0.717, 1.165) is 5.69 Å². The van der Waals surface area contributed by atoms with Crippen molar-refractivity contribution < 1.29 is 9.90 Å². The summed E-state index contributed by atoms with van der Waals surface area (Å²) < 4.78 is 1.58. The van der Waals surface area contributed by atoms with E-state index in [0.29, 0.717) is 12.4 Å². The Labute approximate surface area is 110 Å². The summed E-state index contributed by atoms with van der Waals surface area (Å²) in [6, 6.07) is 9.47. The fraction of sp³-hybridized carbons (Fsp3) is 0.333. The molecule has 2 rings (SSSR count). The van der Waals surface area contributed by atoms with Gasteiger partial charge in [0.1, 0.15) is 0 Å². The Hall–Kier alpha value is -2.44. The standard InChI is InChI=1S/C12H15N5O2/c1-9(7-8-11(18)19)13-12-14-15-16-17(12)10-5-3-2-4-6-10/h2-6,9H,7-8H2,1H3,(H,18,19)(H,13,14,16). The van der Waals surface area contributed by atoms with Crippen LogP contribution in [-0.4, -0.2) is 37.3 Å². The molecule has 2 N–H and O–H groups in total. The Morgan fingerprint density at radius 1 is 1.42 bits per heavy atom. The second kappa shape index (κ2) is 5.94. The molecule has 0 aliphatic carbocycles. The molecular weight excluding hydrogens is 246 g/mol. The third-order valence-electron chi connectivity index (χ3n) is 2.64. The second-order valence-electron chi connectivity index (χ2n) is 4.23. The van der Waals surface area contributed by atoms with E-state index in [-0.39, 0.29) is 12.5 Å². The Balaban J connectivity index is 2.06. The van der Waals surface area contributed by atoms with Crippen LogP contribution in [0.4, 0.5) is 5.95 Å². The van der Waals surface area contributed by atoms with Gasteiger partial charge in [-0.05, 0) is 35.9 Å². The van der Waals surface area contributed by atoms with E-state index in [4.69, 9.17) is 5.11 Å². The van der Waals surface area contributed by atoms with Crippen LogP contribution in [0.15, 0.2) is 30.3 Å². The lowest BCUT2D eigenvalue weighted by Gasteiger charge is -2.13. The number of aliphatic carboxylic acids is 1. The lowest BCUT2D eigenvalue weighted by atomic mass is 10.2. The maximum atomic E-state index is 10.5. The van der Waals surface area contributed by atoms with Gasteiger partial charge in [0.2, 0.25) is 5.95 Å². The summed E-state index contributed by atoms with van der Waals surface area (Å²) >= 11 is 0. The van der Waals surface area contributed by atoms with E-state index >= 15 is 0 Å². The lowest BCUT2D eigenvalue weighted by molar-refractivity contribution is -0.137. The Bertz CT molecular complexity index is 540. The van der Waals surface area contributed by atoms with Gasteiger partial charge in [-0.1, -0.05) is 23.3 Å². The maximum Gasteiger partial charge on any atom is 0.303 e. The van der Waals surface area contributed by atoms with E-state index in [1.807, 2.05) is 37.3 Å². The quantitative estimate of drug-likeness (QED) is 0.814. The Morgan fingerprint density at radius 2 is 2.16 bits per heavy atom. The number of hydrogen-bond acceptors (Lipinski definition) is 5. The molecule has 0 spiro atoms. The summed E-state index contributed by atoms with van der Waals surface area (Å²) in [7, 11) is 0. The van der Waals surface area contributed by atoms with Crippen LogP contribution < -0.4 is 5.32 Å². The average Bonchev–Trinajstić information content (AvgIpc) is 2.85. The zero-order chi connectivity index (χ0) is 13.7. The monoisotopic (exact) mass is 261 g/mol. The van der Waals surface area contributed by atoms with Crippen LogP contribution in [0.5, 0.6) is 0 Å². The molecule has 19 heavy (non-hydrogen) atoms. The minimum Gasteiger partial charge on any atom is -0.481 e. The molecule has 0 aliphatic heterocycles. The number of para-hydroxylation sites is 1. The van der Waals surface area contributed by atoms with Gasteiger partial charge in [0.05, 0.1) is 5.69 Å². The summed E-state index contributed by atoms with van der Waals surface area (Å²) in [6.45, 7) is 1.90. The average molecular weight is 261 g/mol. The van der Waals surface area contributed by atoms with Crippen molar-refractivity contribution in [2.75, 3.05) is 5.32 Å². The molecule has 0 fully saturated rings. The van der Waals surface area contributed by atoms with Crippen molar-refractivity contribution in [3.8, 4) is 5.69 Å². The SMILES string of the molecule is CC(CCC(=O)O)Nc1nnnn1-c1ccccc1. The number of nitrogens with one attached hydrogen (secondary N) is 1. The van der Waals surface area contributed by atoms with Gasteiger partial charge in [0, 0.05) is 12.5 Å². The number of nitrogens with zero attached hydrogens (tertiary/aromatic N) is 4. The van der Waals surface area contributed by atoms with Crippen molar-refractivity contribution in [2.24, 2.45) is 0 Å². The normalized spacial score (nSPS) is 12.1. The number of rotatable bonds is 6. The van der Waals surface area contributed by atoms with Gasteiger partial charge in [-0.25, -0.2) is 0 Å². The van der Waals surface area contributed by atoms with Gasteiger partial charge in [0.15, 0.2) is 0 Å². The summed E-state index contributed by atoms with van der Waals surface area (Å²) in [5, 5.41) is 23.2. The van der Waals surface area contributed by atoms with Crippen molar-refractivity contribution in [3.63, 3.8) is 0 Å². The van der Waals surface area contributed by atoms with E-state index < -0.39 is 5.97 Å². The van der Waals surface area contributed by atoms with Gasteiger partial charge in [-0.3, -0.25) is 4.79 Å². The Morgan fingerprint density at radius 3 is 2.84 bits per heavy atom. The third kappa shape index (κ3) is 3.51. The minimum atomic E-state index is -0.809. The van der Waals surface area contributed by atoms with Crippen molar-refractivity contribution in [2.45, 2.75) is 25.8 Å². The minimum absolute atomic E-state index is 0.0236. The zero-order valence-electron chi connectivity index (χ0n) is 10.5. The highest BCUT2D eigenvalue weighted by Gasteiger charge is 2.11. The van der Waals surface area contributed by atoms with E-state index in [1.54, 1.807) is 4.68 Å². The first-order valence-electron chi connectivity index (χ1n) is 5.99. The molecule has 0 amide bonds. The van der Waals surface area contributed by atoms with E-state index in [1.165, 1.54) is 0 Å². The molecule has 0 aliphatic rings. The van der Waals surface area contributed by atoms with Crippen LogP contribution in [0.3, 0.4) is 0 Å². The van der Waals surface area contributed by atoms with Crippen LogP contribution in [0.25, 0.3) is 5.69 Å². The van der Waals surface area contributed by atoms with Crippen LogP contribution >= 0.6 is 0 Å². The summed E-state index contributed by atoms with van der Waals surface area (Å²) in [6.07, 6.45) is 0.623. The lowest BCUT2D eigenvalue weighted by Crippen LogP contribution is -2.19. The highest BCUT2D eigenvalue weighted by Crippen LogP contribution is 2.12. The zero-order valence-corrected chi connectivity index (χ0v) is 10.5. The summed E-state index contributed by atoms with van der Waals surface area (Å²) in [5.74, 6) is -0.305. The number of hydrogen-bond donors (Lipinski definition) is 2. The molecule has 1 heterocycles. The molecule has 0 saturated carbocycles. The molecular formula is C12H15N5O2. The van der Waals surface area contributed by atoms with Crippen LogP contribution in [0.1, 0.15) is 19.8 Å². The van der Waals surface area contributed by atoms with E-state index in [2.05, 4.69) is 20.8 Å². The van der Waals surface area contributed by atoms with Gasteiger partial charge in [-0.2, -0.15) is 4.68 Å². The molecule has 7 heteroatoms. The maximum absolute atomic E-state index is 10.5. The Kier molecular flexibility index (Phi) is 4.07. The number of carbonyl (C=O) groups is 1. The van der Waals surface area contributed by atoms with Crippen LogP contribution in [-0.2, 0) is 4.79 Å². The number of carboxylic acids is 1. The fourth-order valence-electron chi connectivity index (χ4n) is 1.65. The number of anilines is 1. The third-order valence-corrected chi connectivity index (χ3v) is 2.64. The number of aromatic nitrogens is 4.